The van der Waals surface area contributed by atoms with E-state index in [0.717, 1.165) is 11.3 Å². The van der Waals surface area contributed by atoms with Crippen molar-refractivity contribution in [2.45, 2.75) is 12.7 Å². The fourth-order valence-electron chi connectivity index (χ4n) is 4.03. The molecule has 1 N–H and O–H groups in total. The van der Waals surface area contributed by atoms with E-state index in [-0.39, 0.29) is 18.2 Å². The average molecular weight is 516 g/mol. The summed E-state index contributed by atoms with van der Waals surface area (Å²) in [5, 5.41) is 3.50. The number of nitrogens with zero attached hydrogens (tertiary/aromatic N) is 2. The Morgan fingerprint density at radius 3 is 2.22 bits per heavy atom. The molecule has 3 aromatic rings. The van der Waals surface area contributed by atoms with Gasteiger partial charge < -0.3 is 19.7 Å². The minimum atomic E-state index is -0.638. The van der Waals surface area contributed by atoms with Gasteiger partial charge in [0.2, 0.25) is 0 Å². The van der Waals surface area contributed by atoms with Gasteiger partial charge in [-0.2, -0.15) is 0 Å². The minimum Gasteiger partial charge on any atom is -0.497 e. The number of benzene rings is 3. The van der Waals surface area contributed by atoms with Crippen LogP contribution >= 0.6 is 11.6 Å². The molecular weight excluding hydrogens is 488 g/mol. The van der Waals surface area contributed by atoms with Crippen molar-refractivity contribution in [3.63, 3.8) is 0 Å². The Morgan fingerprint density at radius 1 is 0.972 bits per heavy atom. The number of anilines is 1. The van der Waals surface area contributed by atoms with Crippen LogP contribution in [0.15, 0.2) is 66.7 Å². The standard InChI is InChI=1S/C27H28ClF2N3O3/c1-35-22-11-9-21(10-12-22)31-27(34)33-15-13-32(14-16-33)17-26(19-5-7-20(28)8-6-19)36-18-23-24(29)3-2-4-25(23)30/h2-12,26H,13-18H2,1H3,(H,31,34). The lowest BCUT2D eigenvalue weighted by Gasteiger charge is -2.36. The number of carbonyl (C=O) groups excluding carboxylic acids is 1. The summed E-state index contributed by atoms with van der Waals surface area (Å²) in [6.45, 7) is 2.66. The molecule has 9 heteroatoms. The predicted octanol–water partition coefficient (Wildman–Crippen LogP) is 5.73. The largest absolute Gasteiger partial charge is 0.497 e. The highest BCUT2D eigenvalue weighted by Gasteiger charge is 2.25. The van der Waals surface area contributed by atoms with Gasteiger partial charge in [-0.05, 0) is 54.1 Å². The zero-order valence-electron chi connectivity index (χ0n) is 19.9. The Morgan fingerprint density at radius 2 is 1.61 bits per heavy atom. The number of amides is 2. The van der Waals surface area contributed by atoms with Crippen LogP contribution in [0.3, 0.4) is 0 Å². The molecule has 36 heavy (non-hydrogen) atoms. The molecule has 2 amide bonds. The first-order valence-corrected chi connectivity index (χ1v) is 12.0. The first kappa shape index (κ1) is 25.9. The summed E-state index contributed by atoms with van der Waals surface area (Å²) in [4.78, 5) is 16.6. The molecule has 0 bridgehead atoms. The summed E-state index contributed by atoms with van der Waals surface area (Å²) < 4.78 is 39.4. The quantitative estimate of drug-likeness (QED) is 0.416. The zero-order chi connectivity index (χ0) is 25.5. The molecule has 0 spiro atoms. The molecule has 1 aliphatic rings. The van der Waals surface area contributed by atoms with Crippen molar-refractivity contribution in [2.75, 3.05) is 45.2 Å². The van der Waals surface area contributed by atoms with Crippen molar-refractivity contribution < 1.29 is 23.0 Å². The molecule has 1 saturated heterocycles. The van der Waals surface area contributed by atoms with Gasteiger partial charge in [0.1, 0.15) is 17.4 Å². The number of halogens is 3. The second-order valence-electron chi connectivity index (χ2n) is 8.50. The molecule has 6 nitrogen and oxygen atoms in total. The highest BCUT2D eigenvalue weighted by molar-refractivity contribution is 6.30. The topological polar surface area (TPSA) is 54.0 Å². The third-order valence-corrected chi connectivity index (χ3v) is 6.41. The molecule has 0 aliphatic carbocycles. The van der Waals surface area contributed by atoms with Gasteiger partial charge in [0.05, 0.1) is 19.8 Å². The van der Waals surface area contributed by atoms with E-state index in [9.17, 15) is 13.6 Å². The van der Waals surface area contributed by atoms with Crippen LogP contribution in [-0.4, -0.2) is 55.7 Å². The molecule has 1 heterocycles. The predicted molar refractivity (Wildman–Crippen MR) is 135 cm³/mol. The van der Waals surface area contributed by atoms with Crippen LogP contribution in [0, 0.1) is 11.6 Å². The molecule has 0 aromatic heterocycles. The van der Waals surface area contributed by atoms with Crippen molar-refractivity contribution >= 4 is 23.3 Å². The third-order valence-electron chi connectivity index (χ3n) is 6.16. The number of ether oxygens (including phenoxy) is 2. The van der Waals surface area contributed by atoms with E-state index in [1.807, 2.05) is 12.1 Å². The first-order valence-electron chi connectivity index (χ1n) is 11.6. The summed E-state index contributed by atoms with van der Waals surface area (Å²) in [5.74, 6) is -0.556. The van der Waals surface area contributed by atoms with E-state index in [0.29, 0.717) is 43.4 Å². The number of nitrogens with one attached hydrogen (secondary N) is 1. The summed E-state index contributed by atoms with van der Waals surface area (Å²) in [6, 6.07) is 18.0. The van der Waals surface area contributed by atoms with Gasteiger partial charge in [-0.25, -0.2) is 13.6 Å². The first-order chi connectivity index (χ1) is 17.4. The highest BCUT2D eigenvalue weighted by Crippen LogP contribution is 2.25. The van der Waals surface area contributed by atoms with Gasteiger partial charge in [-0.3, -0.25) is 4.90 Å². The molecule has 1 atom stereocenters. The lowest BCUT2D eigenvalue weighted by molar-refractivity contribution is 0.00376. The fourth-order valence-corrected chi connectivity index (χ4v) is 4.16. The Kier molecular flexibility index (Phi) is 8.74. The monoisotopic (exact) mass is 515 g/mol. The molecule has 3 aromatic carbocycles. The summed E-state index contributed by atoms with van der Waals surface area (Å²) in [7, 11) is 1.59. The van der Waals surface area contributed by atoms with Gasteiger partial charge in [0.15, 0.2) is 0 Å². The van der Waals surface area contributed by atoms with Crippen molar-refractivity contribution in [2.24, 2.45) is 0 Å². The van der Waals surface area contributed by atoms with Crippen LogP contribution in [0.5, 0.6) is 5.75 Å². The van der Waals surface area contributed by atoms with Gasteiger partial charge in [0, 0.05) is 49.0 Å². The van der Waals surface area contributed by atoms with Gasteiger partial charge in [0.25, 0.3) is 0 Å². The maximum absolute atomic E-state index is 14.1. The molecular formula is C27H28ClF2N3O3. The molecule has 1 fully saturated rings. The Bertz CT molecular complexity index is 1130. The number of piperazine rings is 1. The molecule has 190 valence electrons. The number of rotatable bonds is 8. The molecule has 0 saturated carbocycles. The molecule has 1 aliphatic heterocycles. The maximum atomic E-state index is 14.1. The second-order valence-corrected chi connectivity index (χ2v) is 8.93. The van der Waals surface area contributed by atoms with Gasteiger partial charge in [-0.15, -0.1) is 0 Å². The van der Waals surface area contributed by atoms with Crippen LogP contribution < -0.4 is 10.1 Å². The van der Waals surface area contributed by atoms with Crippen molar-refractivity contribution in [3.8, 4) is 5.75 Å². The van der Waals surface area contributed by atoms with E-state index in [1.54, 1.807) is 48.4 Å². The fraction of sp³-hybridized carbons (Fsp3) is 0.296. The van der Waals surface area contributed by atoms with Gasteiger partial charge >= 0.3 is 6.03 Å². The maximum Gasteiger partial charge on any atom is 0.321 e. The molecule has 1 unspecified atom stereocenters. The van der Waals surface area contributed by atoms with Gasteiger partial charge in [-0.1, -0.05) is 29.8 Å². The van der Waals surface area contributed by atoms with Crippen molar-refractivity contribution in [1.82, 2.24) is 9.80 Å². The van der Waals surface area contributed by atoms with Crippen molar-refractivity contribution in [3.05, 3.63) is 94.5 Å². The Hall–Kier alpha value is -3.20. The smallest absolute Gasteiger partial charge is 0.321 e. The van der Waals surface area contributed by atoms with E-state index >= 15 is 0 Å². The number of carbonyl (C=O) groups is 1. The minimum absolute atomic E-state index is 0.100. The zero-order valence-corrected chi connectivity index (χ0v) is 20.7. The second kappa shape index (κ2) is 12.2. The average Bonchev–Trinajstić information content (AvgIpc) is 2.89. The van der Waals surface area contributed by atoms with E-state index in [2.05, 4.69) is 10.2 Å². The van der Waals surface area contributed by atoms with Crippen LogP contribution in [-0.2, 0) is 11.3 Å². The van der Waals surface area contributed by atoms with Crippen LogP contribution in [0.4, 0.5) is 19.3 Å². The highest BCUT2D eigenvalue weighted by atomic mass is 35.5. The normalized spacial score (nSPS) is 14.9. The third kappa shape index (κ3) is 6.72. The van der Waals surface area contributed by atoms with E-state index < -0.39 is 17.7 Å². The Balaban J connectivity index is 1.36. The number of hydrogen-bond acceptors (Lipinski definition) is 4. The van der Waals surface area contributed by atoms with Crippen molar-refractivity contribution in [1.29, 1.82) is 0 Å². The van der Waals surface area contributed by atoms with E-state index in [1.165, 1.54) is 18.2 Å². The van der Waals surface area contributed by atoms with Crippen LogP contribution in [0.1, 0.15) is 17.2 Å². The summed E-state index contributed by atoms with van der Waals surface area (Å²) in [5.41, 5.74) is 1.45. The number of hydrogen-bond donors (Lipinski definition) is 1. The summed E-state index contributed by atoms with van der Waals surface area (Å²) in [6.07, 6.45) is -0.430. The molecule has 4 rings (SSSR count). The number of methoxy groups -OCH3 is 1. The lowest BCUT2D eigenvalue weighted by Crippen LogP contribution is -2.50. The SMILES string of the molecule is COc1ccc(NC(=O)N2CCN(CC(OCc3c(F)cccc3F)c3ccc(Cl)cc3)CC2)cc1. The van der Waals surface area contributed by atoms with Crippen LogP contribution in [0.2, 0.25) is 5.02 Å². The van der Waals surface area contributed by atoms with E-state index in [4.69, 9.17) is 21.1 Å². The van der Waals surface area contributed by atoms with Crippen LogP contribution in [0.25, 0.3) is 0 Å². The molecule has 0 radical (unpaired) electrons. The Labute approximate surface area is 214 Å². The lowest BCUT2D eigenvalue weighted by atomic mass is 10.1. The number of urea groups is 1. The summed E-state index contributed by atoms with van der Waals surface area (Å²) >= 11 is 6.04.